The normalized spacial score (nSPS) is 9.78. The first-order valence-electron chi connectivity index (χ1n) is 5.34. The van der Waals surface area contributed by atoms with E-state index in [9.17, 15) is 0 Å². The summed E-state index contributed by atoms with van der Waals surface area (Å²) >= 11 is 1.67. The fourth-order valence-corrected chi connectivity index (χ4v) is 1.90. The highest BCUT2D eigenvalue weighted by Gasteiger charge is 2.05. The minimum absolute atomic E-state index is 0.434. The molecule has 0 aliphatic carbocycles. The molecular weight excluding hydrogens is 244 g/mol. The Bertz CT molecular complexity index is 588. The lowest BCUT2D eigenvalue weighted by molar-refractivity contribution is 0.481. The summed E-state index contributed by atoms with van der Waals surface area (Å²) in [6, 6.07) is 14.8. The fourth-order valence-electron chi connectivity index (χ4n) is 1.49. The van der Waals surface area contributed by atoms with Crippen molar-refractivity contribution in [2.75, 3.05) is 12.0 Å². The minimum Gasteiger partial charge on any atom is -0.456 e. The summed E-state index contributed by atoms with van der Waals surface area (Å²) in [5.41, 5.74) is 6.61. The lowest BCUT2D eigenvalue weighted by Gasteiger charge is -2.08. The van der Waals surface area contributed by atoms with Crippen molar-refractivity contribution in [3.63, 3.8) is 0 Å². The smallest absolute Gasteiger partial charge is 0.145 e. The summed E-state index contributed by atoms with van der Waals surface area (Å²) in [4.78, 5) is 1.17. The van der Waals surface area contributed by atoms with Gasteiger partial charge in [0.05, 0.1) is 5.56 Å². The predicted octanol–water partition coefficient (Wildman–Crippen LogP) is 3.65. The van der Waals surface area contributed by atoms with Crippen LogP contribution in [0.1, 0.15) is 5.56 Å². The van der Waals surface area contributed by atoms with Gasteiger partial charge in [0.15, 0.2) is 0 Å². The Hall–Kier alpha value is -2.12. The van der Waals surface area contributed by atoms with E-state index < -0.39 is 0 Å². The Balaban J connectivity index is 2.25. The van der Waals surface area contributed by atoms with Gasteiger partial charge in [0.1, 0.15) is 17.6 Å². The van der Waals surface area contributed by atoms with Crippen LogP contribution < -0.4 is 10.5 Å². The van der Waals surface area contributed by atoms with Crippen LogP contribution in [0.25, 0.3) is 0 Å². The molecule has 0 radical (unpaired) electrons. The quantitative estimate of drug-likeness (QED) is 0.672. The molecule has 0 spiro atoms. The van der Waals surface area contributed by atoms with Gasteiger partial charge >= 0.3 is 0 Å². The van der Waals surface area contributed by atoms with Gasteiger partial charge < -0.3 is 10.5 Å². The van der Waals surface area contributed by atoms with Crippen molar-refractivity contribution in [2.24, 2.45) is 0 Å². The van der Waals surface area contributed by atoms with Crippen LogP contribution in [0.15, 0.2) is 47.4 Å². The van der Waals surface area contributed by atoms with E-state index in [1.54, 1.807) is 30.0 Å². The van der Waals surface area contributed by atoms with E-state index >= 15 is 0 Å². The number of benzene rings is 2. The summed E-state index contributed by atoms with van der Waals surface area (Å²) < 4.78 is 5.67. The zero-order valence-electron chi connectivity index (χ0n) is 9.88. The molecular formula is C14H12N2OS. The van der Waals surface area contributed by atoms with Gasteiger partial charge in [-0.2, -0.15) is 5.26 Å². The molecule has 0 saturated carbocycles. The summed E-state index contributed by atoms with van der Waals surface area (Å²) in [5, 5.41) is 9.01. The number of ether oxygens (including phenoxy) is 1. The predicted molar refractivity (Wildman–Crippen MR) is 73.9 cm³/mol. The van der Waals surface area contributed by atoms with Gasteiger partial charge in [0.25, 0.3) is 0 Å². The monoisotopic (exact) mass is 256 g/mol. The Morgan fingerprint density at radius 3 is 2.50 bits per heavy atom. The van der Waals surface area contributed by atoms with Crippen LogP contribution in [0.5, 0.6) is 11.5 Å². The second-order valence-electron chi connectivity index (χ2n) is 3.64. The van der Waals surface area contributed by atoms with Gasteiger partial charge in [0.2, 0.25) is 0 Å². The second kappa shape index (κ2) is 5.48. The molecule has 2 aromatic rings. The summed E-state index contributed by atoms with van der Waals surface area (Å²) in [6.45, 7) is 0. The summed E-state index contributed by atoms with van der Waals surface area (Å²) in [5.74, 6) is 1.22. The van der Waals surface area contributed by atoms with Crippen LogP contribution >= 0.6 is 11.8 Å². The average Bonchev–Trinajstić information content (AvgIpc) is 2.41. The van der Waals surface area contributed by atoms with Crippen molar-refractivity contribution in [1.82, 2.24) is 0 Å². The summed E-state index contributed by atoms with van der Waals surface area (Å²) in [7, 11) is 0. The van der Waals surface area contributed by atoms with Crippen LogP contribution in [0.4, 0.5) is 5.69 Å². The molecule has 0 atom stereocenters. The number of nitrogens with two attached hydrogens (primary N) is 1. The molecule has 3 nitrogen and oxygen atoms in total. The van der Waals surface area contributed by atoms with Crippen LogP contribution in [-0.4, -0.2) is 6.26 Å². The third kappa shape index (κ3) is 2.76. The Labute approximate surface area is 110 Å². The number of rotatable bonds is 3. The van der Waals surface area contributed by atoms with Crippen LogP contribution in [0.2, 0.25) is 0 Å². The van der Waals surface area contributed by atoms with Gasteiger partial charge in [-0.15, -0.1) is 11.8 Å². The maximum absolute atomic E-state index is 9.01. The number of anilines is 1. The number of thioether (sulfide) groups is 1. The molecule has 90 valence electrons. The van der Waals surface area contributed by atoms with Crippen molar-refractivity contribution >= 4 is 17.4 Å². The number of nitrogens with zero attached hydrogens (tertiary/aromatic N) is 1. The van der Waals surface area contributed by atoms with Gasteiger partial charge in [0, 0.05) is 10.6 Å². The van der Waals surface area contributed by atoms with E-state index in [0.29, 0.717) is 22.7 Å². The largest absolute Gasteiger partial charge is 0.456 e. The first-order valence-corrected chi connectivity index (χ1v) is 6.57. The molecule has 0 fully saturated rings. The van der Waals surface area contributed by atoms with Crippen LogP contribution in [-0.2, 0) is 0 Å². The van der Waals surface area contributed by atoms with E-state index in [-0.39, 0.29) is 0 Å². The third-order valence-corrected chi connectivity index (χ3v) is 3.15. The van der Waals surface area contributed by atoms with Crippen molar-refractivity contribution in [3.8, 4) is 17.6 Å². The third-order valence-electron chi connectivity index (χ3n) is 2.41. The van der Waals surface area contributed by atoms with E-state index in [1.807, 2.05) is 30.5 Å². The zero-order chi connectivity index (χ0) is 13.0. The highest BCUT2D eigenvalue weighted by molar-refractivity contribution is 7.98. The highest BCUT2D eigenvalue weighted by Crippen LogP contribution is 2.27. The minimum atomic E-state index is 0.434. The lowest BCUT2D eigenvalue weighted by Crippen LogP contribution is -1.91. The van der Waals surface area contributed by atoms with Crippen molar-refractivity contribution in [1.29, 1.82) is 5.26 Å². The molecule has 0 heterocycles. The van der Waals surface area contributed by atoms with E-state index in [0.717, 1.165) is 0 Å². The van der Waals surface area contributed by atoms with Crippen LogP contribution in [0, 0.1) is 11.3 Å². The molecule has 0 bridgehead atoms. The number of hydrogen-bond donors (Lipinski definition) is 1. The van der Waals surface area contributed by atoms with E-state index in [1.165, 1.54) is 4.90 Å². The average molecular weight is 256 g/mol. The molecule has 0 aliphatic rings. The van der Waals surface area contributed by atoms with Crippen molar-refractivity contribution in [2.45, 2.75) is 4.90 Å². The molecule has 18 heavy (non-hydrogen) atoms. The highest BCUT2D eigenvalue weighted by atomic mass is 32.2. The molecule has 2 N–H and O–H groups in total. The molecule has 0 unspecified atom stereocenters. The summed E-state index contributed by atoms with van der Waals surface area (Å²) in [6.07, 6.45) is 2.02. The van der Waals surface area contributed by atoms with Gasteiger partial charge in [-0.1, -0.05) is 0 Å². The van der Waals surface area contributed by atoms with Gasteiger partial charge in [-0.3, -0.25) is 0 Å². The van der Waals surface area contributed by atoms with E-state index in [2.05, 4.69) is 6.07 Å². The lowest BCUT2D eigenvalue weighted by atomic mass is 10.2. The molecule has 0 aliphatic heterocycles. The zero-order valence-corrected chi connectivity index (χ0v) is 10.7. The number of nitriles is 1. The van der Waals surface area contributed by atoms with Gasteiger partial charge in [-0.25, -0.2) is 0 Å². The Kier molecular flexibility index (Phi) is 3.75. The second-order valence-corrected chi connectivity index (χ2v) is 4.52. The first-order chi connectivity index (χ1) is 8.72. The maximum Gasteiger partial charge on any atom is 0.145 e. The Morgan fingerprint density at radius 2 is 1.89 bits per heavy atom. The molecule has 0 aromatic heterocycles. The van der Waals surface area contributed by atoms with E-state index in [4.69, 9.17) is 15.7 Å². The SMILES string of the molecule is CSc1ccc(Oc2ccc(N)cc2C#N)cc1. The standard InChI is InChI=1S/C14H12N2OS/c1-18-13-5-3-12(4-6-13)17-14-7-2-11(16)8-10(14)9-15/h2-8H,16H2,1H3. The fraction of sp³-hybridized carbons (Fsp3) is 0.0714. The Morgan fingerprint density at radius 1 is 1.17 bits per heavy atom. The molecule has 2 rings (SSSR count). The van der Waals surface area contributed by atoms with Crippen molar-refractivity contribution in [3.05, 3.63) is 48.0 Å². The molecule has 0 amide bonds. The molecule has 4 heteroatoms. The first kappa shape index (κ1) is 12.3. The van der Waals surface area contributed by atoms with Gasteiger partial charge in [-0.05, 0) is 48.7 Å². The molecule has 2 aromatic carbocycles. The van der Waals surface area contributed by atoms with Crippen LogP contribution in [0.3, 0.4) is 0 Å². The maximum atomic E-state index is 9.01. The number of nitrogen functional groups attached to an aromatic ring is 1. The molecule has 0 saturated heterocycles. The topological polar surface area (TPSA) is 59.0 Å². The number of hydrogen-bond acceptors (Lipinski definition) is 4. The van der Waals surface area contributed by atoms with Crippen molar-refractivity contribution < 1.29 is 4.74 Å².